The molecule has 0 spiro atoms. The van der Waals surface area contributed by atoms with Gasteiger partial charge in [-0.05, 0) is 35.9 Å². The van der Waals surface area contributed by atoms with Crippen LogP contribution in [0.4, 0.5) is 23.7 Å². The molecular formula is C19H18Cl2F3N3O. The number of nitrogens with one attached hydrogen (secondary N) is 1. The number of hydrogen-bond donors (Lipinski definition) is 1. The van der Waals surface area contributed by atoms with Gasteiger partial charge in [-0.2, -0.15) is 13.2 Å². The van der Waals surface area contributed by atoms with E-state index in [1.165, 1.54) is 12.1 Å². The summed E-state index contributed by atoms with van der Waals surface area (Å²) in [6, 6.07) is 9.53. The highest BCUT2D eigenvalue weighted by molar-refractivity contribution is 6.35. The lowest BCUT2D eigenvalue weighted by Crippen LogP contribution is -2.49. The molecule has 1 aliphatic heterocycles. The first kappa shape index (κ1) is 20.8. The van der Waals surface area contributed by atoms with Crippen LogP contribution in [0.15, 0.2) is 42.5 Å². The molecule has 1 N–H and O–H groups in total. The zero-order chi connectivity index (χ0) is 20.3. The first-order valence-corrected chi connectivity index (χ1v) is 9.37. The molecule has 0 saturated carbocycles. The van der Waals surface area contributed by atoms with E-state index in [9.17, 15) is 18.0 Å². The third-order valence-electron chi connectivity index (χ3n) is 4.51. The zero-order valence-corrected chi connectivity index (χ0v) is 16.3. The second-order valence-corrected chi connectivity index (χ2v) is 7.35. The number of urea groups is 1. The summed E-state index contributed by atoms with van der Waals surface area (Å²) in [6.45, 7) is 2.84. The molecule has 28 heavy (non-hydrogen) atoms. The molecule has 1 aliphatic rings. The normalized spacial score (nSPS) is 15.5. The summed E-state index contributed by atoms with van der Waals surface area (Å²) in [5, 5.41) is 3.71. The number of piperazine rings is 1. The number of benzene rings is 2. The van der Waals surface area contributed by atoms with E-state index in [0.29, 0.717) is 42.8 Å². The number of amides is 2. The Balaban J connectivity index is 1.54. The number of rotatable bonds is 3. The van der Waals surface area contributed by atoms with Crippen LogP contribution in [0.2, 0.25) is 10.0 Å². The van der Waals surface area contributed by atoms with E-state index in [4.69, 9.17) is 23.2 Å². The highest BCUT2D eigenvalue weighted by atomic mass is 35.5. The summed E-state index contributed by atoms with van der Waals surface area (Å²) < 4.78 is 38.4. The molecule has 1 heterocycles. The molecule has 0 bridgehead atoms. The lowest BCUT2D eigenvalue weighted by Gasteiger charge is -2.34. The van der Waals surface area contributed by atoms with Gasteiger partial charge in [0.05, 0.1) is 5.56 Å². The number of carbonyl (C=O) groups excluding carboxylic acids is 1. The fourth-order valence-corrected chi connectivity index (χ4v) is 3.44. The Morgan fingerprint density at radius 2 is 1.75 bits per heavy atom. The summed E-state index contributed by atoms with van der Waals surface area (Å²) in [7, 11) is 0. The van der Waals surface area contributed by atoms with Gasteiger partial charge in [-0.25, -0.2) is 4.79 Å². The van der Waals surface area contributed by atoms with E-state index in [1.54, 1.807) is 17.0 Å². The minimum atomic E-state index is -4.45. The average molecular weight is 432 g/mol. The molecule has 4 nitrogen and oxygen atoms in total. The van der Waals surface area contributed by atoms with E-state index < -0.39 is 17.8 Å². The summed E-state index contributed by atoms with van der Waals surface area (Å²) in [4.78, 5) is 16.1. The third kappa shape index (κ3) is 5.31. The van der Waals surface area contributed by atoms with Crippen molar-refractivity contribution in [3.05, 3.63) is 63.6 Å². The summed E-state index contributed by atoms with van der Waals surface area (Å²) >= 11 is 12.1. The standard InChI is InChI=1S/C19H18Cl2F3N3O/c20-15-5-4-13(17(21)11-15)12-26-6-8-27(9-7-26)18(28)25-16-3-1-2-14(10-16)19(22,23)24/h1-5,10-11H,6-9,12H2,(H,25,28). The molecule has 1 fully saturated rings. The van der Waals surface area contributed by atoms with Gasteiger partial charge in [0.2, 0.25) is 0 Å². The molecule has 0 radical (unpaired) electrons. The molecular weight excluding hydrogens is 414 g/mol. The minimum absolute atomic E-state index is 0.121. The molecule has 2 aromatic carbocycles. The van der Waals surface area contributed by atoms with E-state index in [0.717, 1.165) is 17.7 Å². The highest BCUT2D eigenvalue weighted by Crippen LogP contribution is 2.30. The Kier molecular flexibility index (Phi) is 6.37. The van der Waals surface area contributed by atoms with Crippen LogP contribution in [-0.4, -0.2) is 42.0 Å². The maximum absolute atomic E-state index is 12.8. The maximum Gasteiger partial charge on any atom is 0.416 e. The van der Waals surface area contributed by atoms with Gasteiger partial charge < -0.3 is 10.2 Å². The van der Waals surface area contributed by atoms with Crippen molar-refractivity contribution in [2.75, 3.05) is 31.5 Å². The average Bonchev–Trinajstić information content (AvgIpc) is 2.64. The van der Waals surface area contributed by atoms with Crippen molar-refractivity contribution in [1.82, 2.24) is 9.80 Å². The Hall–Kier alpha value is -1.96. The van der Waals surface area contributed by atoms with E-state index in [-0.39, 0.29) is 5.69 Å². The monoisotopic (exact) mass is 431 g/mol. The van der Waals surface area contributed by atoms with E-state index in [1.807, 2.05) is 6.07 Å². The fraction of sp³-hybridized carbons (Fsp3) is 0.316. The van der Waals surface area contributed by atoms with Crippen molar-refractivity contribution in [2.45, 2.75) is 12.7 Å². The Bertz CT molecular complexity index is 853. The zero-order valence-electron chi connectivity index (χ0n) is 14.8. The SMILES string of the molecule is O=C(Nc1cccc(C(F)(F)F)c1)N1CCN(Cc2ccc(Cl)cc2Cl)CC1. The van der Waals surface area contributed by atoms with Crippen molar-refractivity contribution < 1.29 is 18.0 Å². The maximum atomic E-state index is 12.8. The van der Waals surface area contributed by atoms with Crippen molar-refractivity contribution in [3.63, 3.8) is 0 Å². The van der Waals surface area contributed by atoms with Gasteiger partial charge in [0.15, 0.2) is 0 Å². The molecule has 3 rings (SSSR count). The predicted octanol–water partition coefficient (Wildman–Crippen LogP) is 5.36. The number of halogens is 5. The number of anilines is 1. The fourth-order valence-electron chi connectivity index (χ4n) is 2.98. The lowest BCUT2D eigenvalue weighted by molar-refractivity contribution is -0.137. The van der Waals surface area contributed by atoms with Crippen LogP contribution >= 0.6 is 23.2 Å². The van der Waals surface area contributed by atoms with Crippen LogP contribution in [0.5, 0.6) is 0 Å². The number of hydrogen-bond acceptors (Lipinski definition) is 2. The van der Waals surface area contributed by atoms with Gasteiger partial charge in [0.1, 0.15) is 0 Å². The van der Waals surface area contributed by atoms with Crippen molar-refractivity contribution in [3.8, 4) is 0 Å². The third-order valence-corrected chi connectivity index (χ3v) is 5.10. The first-order chi connectivity index (χ1) is 13.2. The molecule has 2 aromatic rings. The van der Waals surface area contributed by atoms with Crippen LogP contribution in [0.3, 0.4) is 0 Å². The second kappa shape index (κ2) is 8.59. The molecule has 150 valence electrons. The molecule has 0 atom stereocenters. The van der Waals surface area contributed by atoms with Crippen LogP contribution in [0.25, 0.3) is 0 Å². The van der Waals surface area contributed by atoms with Crippen LogP contribution < -0.4 is 5.32 Å². The van der Waals surface area contributed by atoms with Gasteiger partial charge in [-0.15, -0.1) is 0 Å². The Labute approximate surface area is 170 Å². The number of nitrogens with zero attached hydrogens (tertiary/aromatic N) is 2. The van der Waals surface area contributed by atoms with Crippen molar-refractivity contribution >= 4 is 34.9 Å². The van der Waals surface area contributed by atoms with Crippen LogP contribution in [0, 0.1) is 0 Å². The summed E-state index contributed by atoms with van der Waals surface area (Å²) in [5.74, 6) is 0. The largest absolute Gasteiger partial charge is 0.416 e. The Morgan fingerprint density at radius 1 is 1.04 bits per heavy atom. The quantitative estimate of drug-likeness (QED) is 0.709. The number of alkyl halides is 3. The second-order valence-electron chi connectivity index (χ2n) is 6.51. The topological polar surface area (TPSA) is 35.6 Å². The molecule has 9 heteroatoms. The molecule has 0 unspecified atom stereocenters. The predicted molar refractivity (Wildman–Crippen MR) is 104 cm³/mol. The van der Waals surface area contributed by atoms with Crippen molar-refractivity contribution in [1.29, 1.82) is 0 Å². The molecule has 1 saturated heterocycles. The molecule has 0 aliphatic carbocycles. The smallest absolute Gasteiger partial charge is 0.322 e. The van der Waals surface area contributed by atoms with Crippen LogP contribution in [0.1, 0.15) is 11.1 Å². The lowest BCUT2D eigenvalue weighted by atomic mass is 10.2. The van der Waals surface area contributed by atoms with E-state index in [2.05, 4.69) is 10.2 Å². The summed E-state index contributed by atoms with van der Waals surface area (Å²) in [6.07, 6.45) is -4.45. The summed E-state index contributed by atoms with van der Waals surface area (Å²) in [5.41, 5.74) is 0.276. The first-order valence-electron chi connectivity index (χ1n) is 8.62. The minimum Gasteiger partial charge on any atom is -0.322 e. The Morgan fingerprint density at radius 3 is 2.39 bits per heavy atom. The number of carbonyl (C=O) groups is 1. The van der Waals surface area contributed by atoms with Gasteiger partial charge in [0, 0.05) is 48.5 Å². The van der Waals surface area contributed by atoms with E-state index >= 15 is 0 Å². The van der Waals surface area contributed by atoms with Gasteiger partial charge in [0.25, 0.3) is 0 Å². The highest BCUT2D eigenvalue weighted by Gasteiger charge is 2.30. The van der Waals surface area contributed by atoms with Crippen LogP contribution in [-0.2, 0) is 12.7 Å². The molecule has 0 aromatic heterocycles. The van der Waals surface area contributed by atoms with Gasteiger partial charge >= 0.3 is 12.2 Å². The van der Waals surface area contributed by atoms with Gasteiger partial charge in [-0.3, -0.25) is 4.90 Å². The van der Waals surface area contributed by atoms with Gasteiger partial charge in [-0.1, -0.05) is 35.3 Å². The van der Waals surface area contributed by atoms with Crippen molar-refractivity contribution in [2.24, 2.45) is 0 Å². The molecule has 2 amide bonds.